The van der Waals surface area contributed by atoms with Crippen LogP contribution in [0.3, 0.4) is 0 Å². The Balaban J connectivity index is 0.000000305. The second-order valence-electron chi connectivity index (χ2n) is 35.4. The van der Waals surface area contributed by atoms with E-state index in [1.54, 1.807) is 0 Å². The molecule has 18 nitrogen and oxygen atoms in total. The van der Waals surface area contributed by atoms with Gasteiger partial charge in [0.05, 0.1) is 99.9 Å². The van der Waals surface area contributed by atoms with Gasteiger partial charge in [0.25, 0.3) is 0 Å². The Morgan fingerprint density at radius 3 is 0.640 bits per heavy atom. The maximum Gasteiger partial charge on any atom is 0.212 e. The summed E-state index contributed by atoms with van der Waals surface area (Å²) in [5, 5.41) is 74.6. The van der Waals surface area contributed by atoms with E-state index in [0.29, 0.717) is 104 Å². The normalized spacial score (nSPS) is 11.6. The Morgan fingerprint density at radius 1 is 0.199 bits per heavy atom. The van der Waals surface area contributed by atoms with Crippen molar-refractivity contribution in [1.82, 2.24) is 9.15 Å². The quantitative estimate of drug-likeness (QED) is 0.0197. The summed E-state index contributed by atoms with van der Waals surface area (Å²) in [4.78, 5) is 13.3. The fourth-order valence-electron chi connectivity index (χ4n) is 17.6. The molecule has 0 saturated heterocycles. The lowest BCUT2D eigenvalue weighted by atomic mass is 10.1. The third kappa shape index (κ3) is 34.5. The zero-order valence-corrected chi connectivity index (χ0v) is 82.3. The molecule has 0 aromatic heterocycles. The molecular formula is C118H146N18+4. The summed E-state index contributed by atoms with van der Waals surface area (Å²) in [6.07, 6.45) is 52.2. The number of benzene rings is 8. The minimum Gasteiger partial charge on any atom is -0.372 e. The first-order chi connectivity index (χ1) is 66.9. The van der Waals surface area contributed by atoms with Gasteiger partial charge in [0.1, 0.15) is 13.1 Å². The number of anilines is 10. The van der Waals surface area contributed by atoms with Crippen molar-refractivity contribution in [1.29, 1.82) is 42.1 Å². The van der Waals surface area contributed by atoms with Crippen LogP contribution in [0.1, 0.15) is 244 Å². The average Bonchev–Trinajstić information content (AvgIpc) is 0.785. The highest BCUT2D eigenvalue weighted by atomic mass is 15.2. The molecule has 0 heterocycles. The number of hydrogen-bond acceptors (Lipinski definition) is 14. The third-order valence-electron chi connectivity index (χ3n) is 25.2. The van der Waals surface area contributed by atoms with Crippen LogP contribution >= 0.6 is 0 Å². The lowest BCUT2D eigenvalue weighted by Gasteiger charge is -2.28. The van der Waals surface area contributed by atoms with Gasteiger partial charge in [-0.2, -0.15) is 51.2 Å². The largest absolute Gasteiger partial charge is 0.372 e. The number of aryl methyl sites for hydroxylation is 2. The first-order valence-corrected chi connectivity index (χ1v) is 50.5. The predicted molar refractivity (Wildman–Crippen MR) is 568 cm³/mol. The molecule has 0 fully saturated rings. The minimum absolute atomic E-state index is 0.329. The van der Waals surface area contributed by atoms with Crippen LogP contribution in [-0.4, -0.2) is 111 Å². The first kappa shape index (κ1) is 106. The molecule has 0 atom stereocenters. The standard InChI is InChI=1S/C64H94N4.C54H52N14/c1-7-11-15-19-23-27-51-65(52-28-24-20-16-12-8-2)57-39-43-61(44-40-57)68(62-45-41-58(42-46-62)66(53-29-25-21-17-13-9-3)54-30-26-22-18-14-10-4)64-49-47-63(48-50-64)67(59-35-31-55(5)32-36-59)60-37-33-56(6)34-38-60;55-29-1-37-63(38-2-30-56)45-9-17-49(18-10-45)67(50-19-11-46(12-20-50)64(39-3-31-57)40-4-32-58)53-25-27-54(28-26-53)68(51-21-13-47(14-22-51)65(41-5-33-59)42-6-34-60)52-23-15-48(16-24-52)66(43-7-35-61)44-8-36-62/h31-50H,7-30,51-54H2,1-6H3;9-28H,1-8,37-44H2/q2*+2. The average molecular weight is 1820 g/mol. The van der Waals surface area contributed by atoms with Crippen molar-refractivity contribution < 1.29 is 9.15 Å². The Kier molecular flexibility index (Phi) is 48.1. The molecule has 704 valence electrons. The van der Waals surface area contributed by atoms with Crippen LogP contribution in [0.25, 0.3) is 0 Å². The summed E-state index contributed by atoms with van der Waals surface area (Å²) in [6, 6.07) is 86.7. The monoisotopic (exact) mass is 1820 g/mol. The van der Waals surface area contributed by atoms with Crippen LogP contribution in [0.4, 0.5) is 79.6 Å². The summed E-state index contributed by atoms with van der Waals surface area (Å²) >= 11 is 0. The second-order valence-corrected chi connectivity index (χ2v) is 35.4. The zero-order valence-electron chi connectivity index (χ0n) is 82.3. The molecule has 10 rings (SSSR count). The van der Waals surface area contributed by atoms with Gasteiger partial charge in [-0.15, -0.1) is 0 Å². The number of nitrogens with zero attached hydrogens (tertiary/aromatic N) is 18. The van der Waals surface area contributed by atoms with E-state index < -0.39 is 0 Å². The molecule has 136 heavy (non-hydrogen) atoms. The van der Waals surface area contributed by atoms with Gasteiger partial charge in [0.15, 0.2) is 24.5 Å². The molecule has 8 aromatic rings. The van der Waals surface area contributed by atoms with Crippen molar-refractivity contribution in [3.05, 3.63) is 254 Å². The Morgan fingerprint density at radius 2 is 0.390 bits per heavy atom. The summed E-state index contributed by atoms with van der Waals surface area (Å²) in [5.41, 5.74) is 21.1. The molecule has 0 saturated carbocycles. The van der Waals surface area contributed by atoms with Crippen LogP contribution in [0.5, 0.6) is 0 Å². The van der Waals surface area contributed by atoms with Crippen LogP contribution < -0.4 is 38.6 Å². The number of rotatable bonds is 58. The van der Waals surface area contributed by atoms with Gasteiger partial charge >= 0.3 is 0 Å². The number of unbranched alkanes of at least 4 members (excludes halogenated alkanes) is 20. The summed E-state index contributed by atoms with van der Waals surface area (Å²) in [5.74, 6) is 0. The smallest absolute Gasteiger partial charge is 0.212 e. The van der Waals surface area contributed by atoms with Gasteiger partial charge in [0, 0.05) is 219 Å². The van der Waals surface area contributed by atoms with Crippen molar-refractivity contribution in [3.8, 4) is 48.6 Å². The molecule has 8 aromatic carbocycles. The van der Waals surface area contributed by atoms with E-state index in [9.17, 15) is 42.1 Å². The van der Waals surface area contributed by atoms with E-state index in [1.807, 2.05) is 116 Å². The topological polar surface area (TPSA) is 222 Å². The van der Waals surface area contributed by atoms with Crippen molar-refractivity contribution in [2.75, 3.05) is 108 Å². The van der Waals surface area contributed by atoms with Gasteiger partial charge < -0.3 is 29.4 Å². The highest BCUT2D eigenvalue weighted by Crippen LogP contribution is 2.41. The summed E-state index contributed by atoms with van der Waals surface area (Å²) < 4.78 is 9.34. The summed E-state index contributed by atoms with van der Waals surface area (Å²) in [7, 11) is 0. The van der Waals surface area contributed by atoms with Crippen LogP contribution in [0, 0.1) is 104 Å². The molecule has 0 N–H and O–H groups in total. The van der Waals surface area contributed by atoms with Gasteiger partial charge in [0.2, 0.25) is 34.2 Å². The van der Waals surface area contributed by atoms with E-state index in [-0.39, 0.29) is 0 Å². The molecule has 2 aliphatic carbocycles. The molecule has 0 bridgehead atoms. The zero-order chi connectivity index (χ0) is 96.4. The minimum atomic E-state index is 0.329. The van der Waals surface area contributed by atoms with Crippen molar-refractivity contribution in [2.24, 2.45) is 0 Å². The van der Waals surface area contributed by atoms with Gasteiger partial charge in [-0.1, -0.05) is 179 Å². The van der Waals surface area contributed by atoms with Crippen molar-refractivity contribution in [2.45, 2.75) is 247 Å². The van der Waals surface area contributed by atoms with Crippen molar-refractivity contribution >= 4 is 102 Å². The predicted octanol–water partition coefficient (Wildman–Crippen LogP) is 28.6. The fraction of sp³-hybridized carbons (Fsp3) is 0.424. The van der Waals surface area contributed by atoms with Gasteiger partial charge in [-0.05, 0) is 161 Å². The molecule has 2 aliphatic rings. The van der Waals surface area contributed by atoms with Gasteiger partial charge in [-0.3, -0.25) is 0 Å². The van der Waals surface area contributed by atoms with Crippen LogP contribution in [0.2, 0.25) is 0 Å². The molecule has 0 radical (unpaired) electrons. The van der Waals surface area contributed by atoms with Crippen LogP contribution in [-0.2, 0) is 0 Å². The molecular weight excluding hydrogens is 1670 g/mol. The summed E-state index contributed by atoms with van der Waals surface area (Å²) in [6.45, 7) is 22.1. The Hall–Kier alpha value is -13.9. The Bertz CT molecular complexity index is 5290. The SMILES string of the molecule is CCCCCCCCN(CCCCCCCC)c1ccc([N+](=C2C=CC(=[N+](CCCCCCCC)CCCCCCCC)C=C2)c2ccc(N(c3ccc(C)cc3)c3ccc(C)cc3)cc2)cc1.N#CCCN(CCC#N)c1ccc(N(c2ccc(N(CCC#N)CCC#N)cc2)c2ccc([N+](=C3C=CC(=[N+](CCC#N)CCC#N)C=C3)c3ccc(N(CCC#N)CCC#N)cc3)cc2)cc1. The van der Waals surface area contributed by atoms with Crippen molar-refractivity contribution in [3.63, 3.8) is 0 Å². The highest BCUT2D eigenvalue weighted by molar-refractivity contribution is 6.19. The lowest BCUT2D eigenvalue weighted by molar-refractivity contribution is -0.527. The number of allylic oxidation sites excluding steroid dienone is 8. The van der Waals surface area contributed by atoms with E-state index in [0.717, 1.165) is 106 Å². The fourth-order valence-corrected chi connectivity index (χ4v) is 17.6. The molecule has 18 heteroatoms. The van der Waals surface area contributed by atoms with E-state index in [2.05, 4.69) is 264 Å². The lowest BCUT2D eigenvalue weighted by Crippen LogP contribution is -2.26. The first-order valence-electron chi connectivity index (χ1n) is 50.5. The van der Waals surface area contributed by atoms with E-state index in [1.165, 1.54) is 188 Å². The number of nitriles is 8. The van der Waals surface area contributed by atoms with E-state index >= 15 is 0 Å². The second kappa shape index (κ2) is 61.8. The molecule has 0 amide bonds. The van der Waals surface area contributed by atoms with Crippen LogP contribution in [0.15, 0.2) is 243 Å². The third-order valence-corrected chi connectivity index (χ3v) is 25.2. The molecule has 0 aliphatic heterocycles. The molecule has 0 unspecified atom stereocenters. The van der Waals surface area contributed by atoms with Gasteiger partial charge in [-0.25, -0.2) is 9.15 Å². The Labute approximate surface area is 815 Å². The number of hydrogen-bond donors (Lipinski definition) is 0. The highest BCUT2D eigenvalue weighted by Gasteiger charge is 2.28. The molecule has 0 spiro atoms. The van der Waals surface area contributed by atoms with E-state index in [4.69, 9.17) is 0 Å². The maximum absolute atomic E-state index is 9.32. The maximum atomic E-state index is 9.32.